The van der Waals surface area contributed by atoms with Gasteiger partial charge in [0.1, 0.15) is 0 Å². The van der Waals surface area contributed by atoms with Crippen molar-refractivity contribution in [2.45, 2.75) is 30.7 Å². The molecule has 0 aromatic heterocycles. The number of thioether (sulfide) groups is 1. The summed E-state index contributed by atoms with van der Waals surface area (Å²) in [6.45, 7) is 3.75. The smallest absolute Gasteiger partial charge is 0.253 e. The van der Waals surface area contributed by atoms with Crippen LogP contribution < -0.4 is 5.73 Å². The normalized spacial score (nSPS) is 21.8. The third-order valence-electron chi connectivity index (χ3n) is 3.90. The summed E-state index contributed by atoms with van der Waals surface area (Å²) in [5, 5.41) is 8.81. The Labute approximate surface area is 130 Å². The molecule has 21 heavy (non-hydrogen) atoms. The van der Waals surface area contributed by atoms with Gasteiger partial charge in [-0.25, -0.2) is 0 Å². The van der Waals surface area contributed by atoms with Crippen molar-refractivity contribution in [3.8, 4) is 0 Å². The molecule has 1 aliphatic rings. The van der Waals surface area contributed by atoms with Crippen molar-refractivity contribution in [3.63, 3.8) is 0 Å². The summed E-state index contributed by atoms with van der Waals surface area (Å²) in [5.74, 6) is 1.17. The van der Waals surface area contributed by atoms with Gasteiger partial charge < -0.3 is 15.7 Å². The summed E-state index contributed by atoms with van der Waals surface area (Å²) in [5.41, 5.74) is 6.84. The molecule has 1 heterocycles. The van der Waals surface area contributed by atoms with E-state index in [0.717, 1.165) is 24.3 Å². The zero-order valence-electron chi connectivity index (χ0n) is 12.5. The number of aliphatic hydroxyl groups excluding tert-OH is 1. The number of likely N-dealkylation sites (tertiary alicyclic amines) is 1. The fraction of sp³-hybridized carbons (Fsp3) is 0.562. The first-order chi connectivity index (χ1) is 10.2. The molecule has 1 aromatic rings. The first kappa shape index (κ1) is 16.3. The monoisotopic (exact) mass is 308 g/mol. The zero-order valence-corrected chi connectivity index (χ0v) is 13.3. The van der Waals surface area contributed by atoms with E-state index >= 15 is 0 Å². The number of hydrogen-bond donors (Lipinski definition) is 2. The van der Waals surface area contributed by atoms with Gasteiger partial charge in [0, 0.05) is 35.3 Å². The molecule has 0 spiro atoms. The van der Waals surface area contributed by atoms with Crippen LogP contribution in [0.2, 0.25) is 0 Å². The Morgan fingerprint density at radius 3 is 2.71 bits per heavy atom. The van der Waals surface area contributed by atoms with Crippen molar-refractivity contribution in [2.24, 2.45) is 11.7 Å². The third-order valence-corrected chi connectivity index (χ3v) is 4.89. The molecule has 0 saturated carbocycles. The molecule has 1 aliphatic heterocycles. The molecule has 0 radical (unpaired) electrons. The standard InChI is InChI=1S/C16H24N2O2S/c1-2-3-13-10-18(11-15(13)17)16(20)12-4-6-14(7-5-12)21-9-8-19/h4-7,13,15,19H,2-3,8-11,17H2,1H3. The van der Waals surface area contributed by atoms with E-state index in [2.05, 4.69) is 6.92 Å². The van der Waals surface area contributed by atoms with Gasteiger partial charge in [0.05, 0.1) is 6.61 Å². The topological polar surface area (TPSA) is 66.6 Å². The maximum Gasteiger partial charge on any atom is 0.253 e. The Morgan fingerprint density at radius 1 is 1.38 bits per heavy atom. The molecule has 1 aromatic carbocycles. The first-order valence-corrected chi connectivity index (χ1v) is 8.52. The van der Waals surface area contributed by atoms with E-state index in [-0.39, 0.29) is 18.6 Å². The van der Waals surface area contributed by atoms with Gasteiger partial charge in [-0.1, -0.05) is 13.3 Å². The predicted molar refractivity (Wildman–Crippen MR) is 86.5 cm³/mol. The zero-order chi connectivity index (χ0) is 15.2. The first-order valence-electron chi connectivity index (χ1n) is 7.54. The summed E-state index contributed by atoms with van der Waals surface area (Å²) in [7, 11) is 0. The minimum absolute atomic E-state index is 0.0720. The minimum Gasteiger partial charge on any atom is -0.396 e. The SMILES string of the molecule is CCCC1CN(C(=O)c2ccc(SCCO)cc2)CC1N. The van der Waals surface area contributed by atoms with Crippen LogP contribution in [-0.4, -0.2) is 47.4 Å². The molecule has 1 saturated heterocycles. The van der Waals surface area contributed by atoms with Crippen LogP contribution in [0, 0.1) is 5.92 Å². The molecule has 116 valence electrons. The number of nitrogens with zero attached hydrogens (tertiary/aromatic N) is 1. The highest BCUT2D eigenvalue weighted by Gasteiger charge is 2.32. The Balaban J connectivity index is 1.97. The number of amides is 1. The van der Waals surface area contributed by atoms with Crippen LogP contribution in [0.25, 0.3) is 0 Å². The maximum atomic E-state index is 12.5. The number of carbonyl (C=O) groups excluding carboxylic acids is 1. The molecule has 5 heteroatoms. The summed E-state index contributed by atoms with van der Waals surface area (Å²) >= 11 is 1.59. The number of nitrogens with two attached hydrogens (primary N) is 1. The van der Waals surface area contributed by atoms with E-state index in [1.807, 2.05) is 29.2 Å². The lowest BCUT2D eigenvalue weighted by Crippen LogP contribution is -2.32. The van der Waals surface area contributed by atoms with Crippen molar-refractivity contribution >= 4 is 17.7 Å². The lowest BCUT2D eigenvalue weighted by Gasteiger charge is -2.16. The average Bonchev–Trinajstić information content (AvgIpc) is 2.86. The Bertz CT molecular complexity index is 464. The molecular weight excluding hydrogens is 284 g/mol. The lowest BCUT2D eigenvalue weighted by atomic mass is 9.99. The Hall–Kier alpha value is -1.04. The quantitative estimate of drug-likeness (QED) is 0.789. The Morgan fingerprint density at radius 2 is 2.10 bits per heavy atom. The summed E-state index contributed by atoms with van der Waals surface area (Å²) in [6.07, 6.45) is 2.19. The minimum atomic E-state index is 0.0720. The van der Waals surface area contributed by atoms with Crippen molar-refractivity contribution in [2.75, 3.05) is 25.4 Å². The van der Waals surface area contributed by atoms with Crippen LogP contribution in [-0.2, 0) is 0 Å². The van der Waals surface area contributed by atoms with Gasteiger partial charge in [0.15, 0.2) is 0 Å². The summed E-state index contributed by atoms with van der Waals surface area (Å²) in [4.78, 5) is 15.4. The van der Waals surface area contributed by atoms with E-state index < -0.39 is 0 Å². The highest BCUT2D eigenvalue weighted by atomic mass is 32.2. The fourth-order valence-corrected chi connectivity index (χ4v) is 3.43. The van der Waals surface area contributed by atoms with E-state index in [4.69, 9.17) is 10.8 Å². The molecule has 1 fully saturated rings. The van der Waals surface area contributed by atoms with Gasteiger partial charge in [0.2, 0.25) is 0 Å². The van der Waals surface area contributed by atoms with Crippen LogP contribution in [0.5, 0.6) is 0 Å². The highest BCUT2D eigenvalue weighted by Crippen LogP contribution is 2.23. The van der Waals surface area contributed by atoms with E-state index in [9.17, 15) is 4.79 Å². The largest absolute Gasteiger partial charge is 0.396 e. The van der Waals surface area contributed by atoms with Crippen LogP contribution in [0.1, 0.15) is 30.1 Å². The average molecular weight is 308 g/mol. The van der Waals surface area contributed by atoms with Crippen LogP contribution in [0.3, 0.4) is 0 Å². The number of hydrogen-bond acceptors (Lipinski definition) is 4. The highest BCUT2D eigenvalue weighted by molar-refractivity contribution is 7.99. The second-order valence-corrected chi connectivity index (χ2v) is 6.69. The lowest BCUT2D eigenvalue weighted by molar-refractivity contribution is 0.0785. The molecule has 2 rings (SSSR count). The summed E-state index contributed by atoms with van der Waals surface area (Å²) in [6, 6.07) is 7.70. The van der Waals surface area contributed by atoms with Gasteiger partial charge in [-0.2, -0.15) is 0 Å². The van der Waals surface area contributed by atoms with E-state index in [0.29, 0.717) is 23.8 Å². The Kier molecular flexibility index (Phi) is 6.08. The van der Waals surface area contributed by atoms with Crippen molar-refractivity contribution in [1.29, 1.82) is 0 Å². The molecule has 2 unspecified atom stereocenters. The van der Waals surface area contributed by atoms with E-state index in [1.54, 1.807) is 11.8 Å². The van der Waals surface area contributed by atoms with Crippen LogP contribution >= 0.6 is 11.8 Å². The number of aliphatic hydroxyl groups is 1. The third kappa shape index (κ3) is 4.22. The molecule has 1 amide bonds. The number of benzene rings is 1. The van der Waals surface area contributed by atoms with E-state index in [1.165, 1.54) is 0 Å². The predicted octanol–water partition coefficient (Wildman–Crippen LogP) is 1.97. The van der Waals surface area contributed by atoms with Crippen LogP contribution in [0.4, 0.5) is 0 Å². The van der Waals surface area contributed by atoms with Gasteiger partial charge in [-0.05, 0) is 36.6 Å². The fourth-order valence-electron chi connectivity index (χ4n) is 2.78. The molecule has 3 N–H and O–H groups in total. The molecule has 0 bridgehead atoms. The van der Waals surface area contributed by atoms with Gasteiger partial charge in [-0.3, -0.25) is 4.79 Å². The molecule has 2 atom stereocenters. The summed E-state index contributed by atoms with van der Waals surface area (Å²) < 4.78 is 0. The molecule has 4 nitrogen and oxygen atoms in total. The van der Waals surface area contributed by atoms with Gasteiger partial charge in [-0.15, -0.1) is 11.8 Å². The van der Waals surface area contributed by atoms with Gasteiger partial charge in [0.25, 0.3) is 5.91 Å². The van der Waals surface area contributed by atoms with Crippen molar-refractivity contribution in [3.05, 3.63) is 29.8 Å². The second-order valence-electron chi connectivity index (χ2n) is 5.52. The van der Waals surface area contributed by atoms with Crippen molar-refractivity contribution in [1.82, 2.24) is 4.90 Å². The van der Waals surface area contributed by atoms with Crippen molar-refractivity contribution < 1.29 is 9.90 Å². The molecular formula is C16H24N2O2S. The second kappa shape index (κ2) is 7.82. The molecule has 0 aliphatic carbocycles. The maximum absolute atomic E-state index is 12.5. The number of carbonyl (C=O) groups is 1. The van der Waals surface area contributed by atoms with Crippen LogP contribution in [0.15, 0.2) is 29.2 Å². The van der Waals surface area contributed by atoms with Gasteiger partial charge >= 0.3 is 0 Å². The number of rotatable bonds is 6.